The maximum absolute atomic E-state index is 2.62. The molecule has 3 rings (SSSR count). The van der Waals surface area contributed by atoms with E-state index in [0.717, 1.165) is 13.0 Å². The zero-order chi connectivity index (χ0) is 16.1. The van der Waals surface area contributed by atoms with Crippen molar-refractivity contribution in [2.75, 3.05) is 59.9 Å². The Labute approximate surface area is 140 Å². The maximum atomic E-state index is 2.62. The van der Waals surface area contributed by atoms with Gasteiger partial charge in [-0.05, 0) is 36.9 Å². The van der Waals surface area contributed by atoms with Gasteiger partial charge in [0.25, 0.3) is 0 Å². The summed E-state index contributed by atoms with van der Waals surface area (Å²) in [5.74, 6) is 0. The minimum atomic E-state index is 1.15. The molecule has 2 aromatic carbocycles. The zero-order valence-corrected chi connectivity index (χ0v) is 14.5. The van der Waals surface area contributed by atoms with E-state index in [9.17, 15) is 0 Å². The van der Waals surface area contributed by atoms with Gasteiger partial charge in [0, 0.05) is 45.8 Å². The van der Waals surface area contributed by atoms with Crippen molar-refractivity contribution in [3.05, 3.63) is 48.0 Å². The first-order valence-electron chi connectivity index (χ1n) is 8.78. The van der Waals surface area contributed by atoms with Gasteiger partial charge in [-0.3, -0.25) is 4.90 Å². The Balaban J connectivity index is 1.50. The number of benzene rings is 2. The van der Waals surface area contributed by atoms with Gasteiger partial charge in [0.1, 0.15) is 0 Å². The molecule has 0 aliphatic carbocycles. The highest BCUT2D eigenvalue weighted by Crippen LogP contribution is 2.19. The van der Waals surface area contributed by atoms with Gasteiger partial charge in [-0.15, -0.1) is 0 Å². The quantitative estimate of drug-likeness (QED) is 0.812. The summed E-state index contributed by atoms with van der Waals surface area (Å²) in [7, 11) is 4.31. The predicted molar refractivity (Wildman–Crippen MR) is 99.1 cm³/mol. The lowest BCUT2D eigenvalue weighted by Gasteiger charge is -2.35. The van der Waals surface area contributed by atoms with Crippen LogP contribution in [-0.4, -0.2) is 74.6 Å². The van der Waals surface area contributed by atoms with Crippen LogP contribution < -0.4 is 0 Å². The number of nitrogens with zero attached hydrogens (tertiary/aromatic N) is 3. The number of hydrogen-bond acceptors (Lipinski definition) is 3. The highest BCUT2D eigenvalue weighted by Gasteiger charge is 2.16. The highest BCUT2D eigenvalue weighted by atomic mass is 15.3. The van der Waals surface area contributed by atoms with E-state index in [-0.39, 0.29) is 0 Å². The Morgan fingerprint density at radius 2 is 1.48 bits per heavy atom. The third-order valence-electron chi connectivity index (χ3n) is 4.91. The van der Waals surface area contributed by atoms with E-state index < -0.39 is 0 Å². The number of rotatable bonds is 6. The van der Waals surface area contributed by atoms with Crippen molar-refractivity contribution in [2.45, 2.75) is 6.42 Å². The fourth-order valence-electron chi connectivity index (χ4n) is 3.37. The lowest BCUT2D eigenvalue weighted by atomic mass is 10.0. The summed E-state index contributed by atoms with van der Waals surface area (Å²) in [5, 5.41) is 2.78. The second kappa shape index (κ2) is 7.91. The van der Waals surface area contributed by atoms with Crippen LogP contribution in [0.4, 0.5) is 0 Å². The molecular formula is C20H29N3. The van der Waals surface area contributed by atoms with E-state index in [0.29, 0.717) is 0 Å². The summed E-state index contributed by atoms with van der Waals surface area (Å²) in [4.78, 5) is 7.48. The van der Waals surface area contributed by atoms with E-state index in [1.54, 1.807) is 0 Å². The summed E-state index contributed by atoms with van der Waals surface area (Å²) in [6.07, 6.45) is 1.15. The average molecular weight is 311 g/mol. The molecule has 0 unspecified atom stereocenters. The number of likely N-dealkylation sites (N-methyl/N-ethyl adjacent to an activating group) is 1. The minimum Gasteiger partial charge on any atom is -0.308 e. The van der Waals surface area contributed by atoms with Crippen molar-refractivity contribution in [3.63, 3.8) is 0 Å². The molecule has 0 N–H and O–H groups in total. The van der Waals surface area contributed by atoms with Crippen molar-refractivity contribution in [1.82, 2.24) is 14.7 Å². The largest absolute Gasteiger partial charge is 0.308 e. The fraction of sp³-hybridized carbons (Fsp3) is 0.500. The molecular weight excluding hydrogens is 282 g/mol. The van der Waals surface area contributed by atoms with Gasteiger partial charge in [-0.25, -0.2) is 0 Å². The average Bonchev–Trinajstić information content (AvgIpc) is 2.59. The van der Waals surface area contributed by atoms with Gasteiger partial charge in [-0.2, -0.15) is 0 Å². The first-order chi connectivity index (χ1) is 11.2. The van der Waals surface area contributed by atoms with Crippen LogP contribution in [0.25, 0.3) is 10.8 Å². The number of hydrogen-bond donors (Lipinski definition) is 0. The molecule has 0 spiro atoms. The maximum Gasteiger partial charge on any atom is 0.0110 e. The van der Waals surface area contributed by atoms with E-state index in [1.807, 2.05) is 0 Å². The summed E-state index contributed by atoms with van der Waals surface area (Å²) in [6, 6.07) is 15.4. The monoisotopic (exact) mass is 311 g/mol. The molecule has 1 fully saturated rings. The molecule has 3 heteroatoms. The Hall–Kier alpha value is -1.42. The van der Waals surface area contributed by atoms with Gasteiger partial charge in [-0.1, -0.05) is 42.5 Å². The van der Waals surface area contributed by atoms with Crippen LogP contribution in [0, 0.1) is 0 Å². The normalized spacial score (nSPS) is 17.2. The van der Waals surface area contributed by atoms with Gasteiger partial charge in [0.15, 0.2) is 0 Å². The smallest absolute Gasteiger partial charge is 0.0110 e. The van der Waals surface area contributed by atoms with Crippen LogP contribution in [0.1, 0.15) is 5.56 Å². The Kier molecular flexibility index (Phi) is 5.65. The molecule has 0 atom stereocenters. The lowest BCUT2D eigenvalue weighted by molar-refractivity contribution is 0.126. The second-order valence-electron chi connectivity index (χ2n) is 6.87. The first kappa shape index (κ1) is 16.4. The molecule has 1 aliphatic heterocycles. The molecule has 23 heavy (non-hydrogen) atoms. The molecule has 1 saturated heterocycles. The second-order valence-corrected chi connectivity index (χ2v) is 6.87. The first-order valence-corrected chi connectivity index (χ1v) is 8.78. The van der Waals surface area contributed by atoms with E-state index in [4.69, 9.17) is 0 Å². The molecule has 0 saturated carbocycles. The topological polar surface area (TPSA) is 9.72 Å². The Morgan fingerprint density at radius 1 is 0.826 bits per heavy atom. The molecule has 3 nitrogen and oxygen atoms in total. The highest BCUT2D eigenvalue weighted by molar-refractivity contribution is 5.85. The summed E-state index contributed by atoms with van der Waals surface area (Å²) in [5.41, 5.74) is 1.48. The molecule has 0 aromatic heterocycles. The van der Waals surface area contributed by atoms with Crippen molar-refractivity contribution in [2.24, 2.45) is 0 Å². The fourth-order valence-corrected chi connectivity index (χ4v) is 3.37. The number of piperazine rings is 1. The van der Waals surface area contributed by atoms with Gasteiger partial charge in [0.2, 0.25) is 0 Å². The van der Waals surface area contributed by atoms with Gasteiger partial charge < -0.3 is 9.80 Å². The third-order valence-corrected chi connectivity index (χ3v) is 4.91. The van der Waals surface area contributed by atoms with E-state index >= 15 is 0 Å². The SMILES string of the molecule is CN(C)CCN1CCN(CCc2cccc3ccccc23)CC1. The van der Waals surface area contributed by atoms with Gasteiger partial charge in [0.05, 0.1) is 0 Å². The van der Waals surface area contributed by atoms with Crippen molar-refractivity contribution in [1.29, 1.82) is 0 Å². The lowest BCUT2D eigenvalue weighted by Crippen LogP contribution is -2.48. The molecule has 0 radical (unpaired) electrons. The minimum absolute atomic E-state index is 1.15. The molecule has 124 valence electrons. The Morgan fingerprint density at radius 3 is 2.22 bits per heavy atom. The van der Waals surface area contributed by atoms with Crippen LogP contribution in [0.15, 0.2) is 42.5 Å². The van der Waals surface area contributed by atoms with Crippen LogP contribution >= 0.6 is 0 Å². The van der Waals surface area contributed by atoms with Crippen LogP contribution in [0.3, 0.4) is 0 Å². The predicted octanol–water partition coefficient (Wildman–Crippen LogP) is 2.56. The molecule has 2 aromatic rings. The summed E-state index contributed by atoms with van der Waals surface area (Å²) >= 11 is 0. The van der Waals surface area contributed by atoms with Crippen molar-refractivity contribution in [3.8, 4) is 0 Å². The van der Waals surface area contributed by atoms with Gasteiger partial charge >= 0.3 is 0 Å². The summed E-state index contributed by atoms with van der Waals surface area (Å²) in [6.45, 7) is 8.37. The third kappa shape index (κ3) is 4.54. The molecule has 0 amide bonds. The zero-order valence-electron chi connectivity index (χ0n) is 14.5. The van der Waals surface area contributed by atoms with Crippen LogP contribution in [0.2, 0.25) is 0 Å². The summed E-state index contributed by atoms with van der Waals surface area (Å²) < 4.78 is 0. The van der Waals surface area contributed by atoms with Crippen LogP contribution in [0.5, 0.6) is 0 Å². The van der Waals surface area contributed by atoms with Crippen molar-refractivity contribution < 1.29 is 0 Å². The van der Waals surface area contributed by atoms with Crippen molar-refractivity contribution >= 4 is 10.8 Å². The standard InChI is InChI=1S/C20H29N3/c1-21(2)12-13-23-16-14-22(15-17-23)11-10-19-8-5-7-18-6-3-4-9-20(18)19/h3-9H,10-17H2,1-2H3. The molecule has 0 bridgehead atoms. The van der Waals surface area contributed by atoms with Crippen LogP contribution in [-0.2, 0) is 6.42 Å². The molecule has 1 aliphatic rings. The molecule has 1 heterocycles. The Bertz CT molecular complexity index is 610. The van der Waals surface area contributed by atoms with E-state index in [1.165, 1.54) is 55.6 Å². The number of fused-ring (bicyclic) bond motifs is 1. The van der Waals surface area contributed by atoms with E-state index in [2.05, 4.69) is 71.3 Å².